The first kappa shape index (κ1) is 20.1. The second-order valence-electron chi connectivity index (χ2n) is 6.30. The van der Waals surface area contributed by atoms with Crippen LogP contribution in [0, 0.1) is 5.92 Å². The summed E-state index contributed by atoms with van der Waals surface area (Å²) in [5.74, 6) is -0.531. The third-order valence-electron chi connectivity index (χ3n) is 3.61. The Hall–Kier alpha value is -2.25. The minimum absolute atomic E-state index is 0.116. The summed E-state index contributed by atoms with van der Waals surface area (Å²) in [6, 6.07) is 9.65. The lowest BCUT2D eigenvalue weighted by Crippen LogP contribution is -2.33. The van der Waals surface area contributed by atoms with Crippen LogP contribution in [0.5, 0.6) is 0 Å². The van der Waals surface area contributed by atoms with Crippen molar-refractivity contribution in [2.45, 2.75) is 32.9 Å². The van der Waals surface area contributed by atoms with Crippen LogP contribution >= 0.6 is 11.3 Å². The van der Waals surface area contributed by atoms with Crippen molar-refractivity contribution in [3.8, 4) is 0 Å². The SMILES string of the molecule is COCc1nc(C(=O)OCC(=O)NC(CC(C)C)c2ccccc2)cs1. The van der Waals surface area contributed by atoms with Crippen molar-refractivity contribution in [3.63, 3.8) is 0 Å². The van der Waals surface area contributed by atoms with Gasteiger partial charge in [0.1, 0.15) is 5.01 Å². The van der Waals surface area contributed by atoms with E-state index in [0.29, 0.717) is 17.5 Å². The van der Waals surface area contributed by atoms with E-state index in [1.54, 1.807) is 12.5 Å². The molecular formula is C19H24N2O4S. The predicted molar refractivity (Wildman–Crippen MR) is 99.9 cm³/mol. The standard InChI is InChI=1S/C19H24N2O4S/c1-13(2)9-15(14-7-5-4-6-8-14)20-17(22)10-25-19(23)16-12-26-18(21-16)11-24-3/h4-8,12-13,15H,9-11H2,1-3H3,(H,20,22). The first-order valence-electron chi connectivity index (χ1n) is 8.44. The monoisotopic (exact) mass is 376 g/mol. The number of nitrogens with one attached hydrogen (secondary N) is 1. The Kier molecular flexibility index (Phi) is 7.74. The van der Waals surface area contributed by atoms with Gasteiger partial charge in [0.15, 0.2) is 12.3 Å². The summed E-state index contributed by atoms with van der Waals surface area (Å²) < 4.78 is 10.0. The van der Waals surface area contributed by atoms with E-state index >= 15 is 0 Å². The van der Waals surface area contributed by atoms with Crippen LogP contribution in [0.4, 0.5) is 0 Å². The number of nitrogens with zero attached hydrogens (tertiary/aromatic N) is 1. The molecule has 0 radical (unpaired) electrons. The fourth-order valence-electron chi connectivity index (χ4n) is 2.47. The zero-order valence-corrected chi connectivity index (χ0v) is 16.0. The quantitative estimate of drug-likeness (QED) is 0.679. The Balaban J connectivity index is 1.89. The van der Waals surface area contributed by atoms with Gasteiger partial charge in [0.25, 0.3) is 5.91 Å². The van der Waals surface area contributed by atoms with E-state index in [0.717, 1.165) is 12.0 Å². The summed E-state index contributed by atoms with van der Waals surface area (Å²) in [6.45, 7) is 4.20. The molecular weight excluding hydrogens is 352 g/mol. The molecule has 0 saturated carbocycles. The lowest BCUT2D eigenvalue weighted by atomic mass is 9.97. The molecule has 1 unspecified atom stereocenters. The van der Waals surface area contributed by atoms with Crippen molar-refractivity contribution in [2.24, 2.45) is 5.92 Å². The number of ether oxygens (including phenoxy) is 2. The van der Waals surface area contributed by atoms with E-state index in [1.165, 1.54) is 11.3 Å². The fourth-order valence-corrected chi connectivity index (χ4v) is 3.20. The predicted octanol–water partition coefficient (Wildman–Crippen LogP) is 3.35. The molecule has 26 heavy (non-hydrogen) atoms. The summed E-state index contributed by atoms with van der Waals surface area (Å²) in [7, 11) is 1.56. The zero-order valence-electron chi connectivity index (χ0n) is 15.2. The lowest BCUT2D eigenvalue weighted by Gasteiger charge is -2.21. The average molecular weight is 376 g/mol. The molecule has 1 aromatic carbocycles. The van der Waals surface area contributed by atoms with Gasteiger partial charge < -0.3 is 14.8 Å². The van der Waals surface area contributed by atoms with E-state index in [9.17, 15) is 9.59 Å². The number of hydrogen-bond acceptors (Lipinski definition) is 6. The van der Waals surface area contributed by atoms with Crippen molar-refractivity contribution >= 4 is 23.2 Å². The van der Waals surface area contributed by atoms with E-state index in [4.69, 9.17) is 9.47 Å². The van der Waals surface area contributed by atoms with Crippen LogP contribution in [0.2, 0.25) is 0 Å². The van der Waals surface area contributed by atoms with Gasteiger partial charge in [-0.25, -0.2) is 9.78 Å². The van der Waals surface area contributed by atoms with Gasteiger partial charge in [-0.05, 0) is 17.9 Å². The van der Waals surface area contributed by atoms with Gasteiger partial charge in [-0.15, -0.1) is 11.3 Å². The number of aromatic nitrogens is 1. The van der Waals surface area contributed by atoms with Crippen LogP contribution in [-0.2, 0) is 20.9 Å². The molecule has 0 bridgehead atoms. The maximum atomic E-state index is 12.2. The molecule has 2 rings (SSSR count). The molecule has 6 nitrogen and oxygen atoms in total. The van der Waals surface area contributed by atoms with Crippen LogP contribution in [0.15, 0.2) is 35.7 Å². The summed E-state index contributed by atoms with van der Waals surface area (Å²) in [5.41, 5.74) is 1.22. The number of hydrogen-bond donors (Lipinski definition) is 1. The maximum absolute atomic E-state index is 12.2. The highest BCUT2D eigenvalue weighted by Crippen LogP contribution is 2.21. The van der Waals surface area contributed by atoms with Gasteiger partial charge in [0, 0.05) is 12.5 Å². The van der Waals surface area contributed by atoms with Gasteiger partial charge in [-0.1, -0.05) is 44.2 Å². The van der Waals surface area contributed by atoms with Gasteiger partial charge in [0.2, 0.25) is 0 Å². The Bertz CT molecular complexity index is 715. The number of benzene rings is 1. The first-order chi connectivity index (χ1) is 12.5. The Morgan fingerprint density at radius 1 is 1.23 bits per heavy atom. The highest BCUT2D eigenvalue weighted by molar-refractivity contribution is 7.09. The molecule has 0 aliphatic rings. The van der Waals surface area contributed by atoms with E-state index < -0.39 is 5.97 Å². The van der Waals surface area contributed by atoms with Crippen molar-refractivity contribution in [2.75, 3.05) is 13.7 Å². The van der Waals surface area contributed by atoms with Crippen molar-refractivity contribution in [1.82, 2.24) is 10.3 Å². The summed E-state index contributed by atoms with van der Waals surface area (Å²) in [4.78, 5) is 28.3. The third-order valence-corrected chi connectivity index (χ3v) is 4.43. The first-order valence-corrected chi connectivity index (χ1v) is 9.32. The van der Waals surface area contributed by atoms with Crippen molar-refractivity contribution in [3.05, 3.63) is 52.0 Å². The number of thiazole rings is 1. The Morgan fingerprint density at radius 3 is 2.62 bits per heavy atom. The minimum Gasteiger partial charge on any atom is -0.451 e. The van der Waals surface area contributed by atoms with E-state index in [1.807, 2.05) is 30.3 Å². The molecule has 1 heterocycles. The summed E-state index contributed by atoms with van der Waals surface area (Å²) >= 11 is 1.31. The fraction of sp³-hybridized carbons (Fsp3) is 0.421. The van der Waals surface area contributed by atoms with E-state index in [2.05, 4.69) is 24.1 Å². The van der Waals surface area contributed by atoms with Crippen LogP contribution in [0.25, 0.3) is 0 Å². The number of methoxy groups -OCH3 is 1. The highest BCUT2D eigenvalue weighted by Gasteiger charge is 2.18. The maximum Gasteiger partial charge on any atom is 0.358 e. The molecule has 1 N–H and O–H groups in total. The highest BCUT2D eigenvalue weighted by atomic mass is 32.1. The Morgan fingerprint density at radius 2 is 1.96 bits per heavy atom. The molecule has 140 valence electrons. The second-order valence-corrected chi connectivity index (χ2v) is 7.24. The molecule has 7 heteroatoms. The number of amides is 1. The number of esters is 1. The molecule has 1 atom stereocenters. The normalized spacial score (nSPS) is 12.0. The molecule has 0 spiro atoms. The largest absolute Gasteiger partial charge is 0.451 e. The van der Waals surface area contributed by atoms with Gasteiger partial charge in [0.05, 0.1) is 12.6 Å². The van der Waals surface area contributed by atoms with Crippen LogP contribution in [-0.4, -0.2) is 30.6 Å². The zero-order chi connectivity index (χ0) is 18.9. The molecule has 0 aliphatic carbocycles. The molecule has 0 fully saturated rings. The topological polar surface area (TPSA) is 77.5 Å². The van der Waals surface area contributed by atoms with Crippen LogP contribution < -0.4 is 5.32 Å². The molecule has 2 aromatic rings. The van der Waals surface area contributed by atoms with Crippen molar-refractivity contribution < 1.29 is 19.1 Å². The van der Waals surface area contributed by atoms with Gasteiger partial charge in [-0.3, -0.25) is 4.79 Å². The number of carbonyl (C=O) groups is 2. The van der Waals surface area contributed by atoms with E-state index in [-0.39, 0.29) is 24.2 Å². The molecule has 1 aromatic heterocycles. The molecule has 0 aliphatic heterocycles. The lowest BCUT2D eigenvalue weighted by molar-refractivity contribution is -0.125. The number of rotatable bonds is 9. The Labute approximate surface area is 157 Å². The summed E-state index contributed by atoms with van der Waals surface area (Å²) in [6.07, 6.45) is 0.802. The third kappa shape index (κ3) is 6.24. The average Bonchev–Trinajstić information content (AvgIpc) is 3.08. The van der Waals surface area contributed by atoms with Crippen molar-refractivity contribution in [1.29, 1.82) is 0 Å². The van der Waals surface area contributed by atoms with Crippen LogP contribution in [0.1, 0.15) is 47.4 Å². The second kappa shape index (κ2) is 10.0. The van der Waals surface area contributed by atoms with Gasteiger partial charge >= 0.3 is 5.97 Å². The number of carbonyl (C=O) groups excluding carboxylic acids is 2. The molecule has 1 amide bonds. The molecule has 0 saturated heterocycles. The smallest absolute Gasteiger partial charge is 0.358 e. The summed E-state index contributed by atoms with van der Waals surface area (Å²) in [5, 5.41) is 5.23. The minimum atomic E-state index is -0.612. The van der Waals surface area contributed by atoms with Crippen LogP contribution in [0.3, 0.4) is 0 Å². The van der Waals surface area contributed by atoms with Gasteiger partial charge in [-0.2, -0.15) is 0 Å².